The zero-order chi connectivity index (χ0) is 20.1. The first-order valence-corrected chi connectivity index (χ1v) is 10.0. The Bertz CT molecular complexity index is 957. The van der Waals surface area contributed by atoms with E-state index in [0.29, 0.717) is 23.8 Å². The normalized spacial score (nSPS) is 11.1. The molecule has 8 nitrogen and oxygen atoms in total. The number of aromatic nitrogens is 4. The first-order chi connectivity index (χ1) is 13.5. The van der Waals surface area contributed by atoms with Gasteiger partial charge in [0.15, 0.2) is 0 Å². The summed E-state index contributed by atoms with van der Waals surface area (Å²) >= 11 is 2.64. The number of rotatable bonds is 7. The summed E-state index contributed by atoms with van der Waals surface area (Å²) < 4.78 is 8.57. The van der Waals surface area contributed by atoms with Crippen molar-refractivity contribution in [2.75, 3.05) is 12.0 Å². The van der Waals surface area contributed by atoms with Crippen LogP contribution in [0, 0.1) is 13.8 Å². The van der Waals surface area contributed by atoms with Crippen molar-refractivity contribution in [1.82, 2.24) is 24.2 Å². The Labute approximate surface area is 171 Å². The molecule has 2 heterocycles. The lowest BCUT2D eigenvalue weighted by atomic mass is 10.0. The third-order valence-corrected chi connectivity index (χ3v) is 5.40. The molecule has 1 N–H and O–H groups in total. The van der Waals surface area contributed by atoms with Gasteiger partial charge in [0.1, 0.15) is 11.6 Å². The summed E-state index contributed by atoms with van der Waals surface area (Å²) in [7, 11) is 1.41. The van der Waals surface area contributed by atoms with Crippen molar-refractivity contribution in [1.29, 1.82) is 0 Å². The summed E-state index contributed by atoms with van der Waals surface area (Å²) in [5.74, 6) is 1.14. The Morgan fingerprint density at radius 1 is 1.18 bits per heavy atom. The topological polar surface area (TPSA) is 93.1 Å². The second-order valence-electron chi connectivity index (χ2n) is 5.89. The van der Waals surface area contributed by atoms with Crippen LogP contribution in [0.1, 0.15) is 40.1 Å². The average Bonchev–Trinajstić information content (AvgIpc) is 3.29. The molecule has 0 radical (unpaired) electrons. The summed E-state index contributed by atoms with van der Waals surface area (Å²) in [6.07, 6.45) is 3.78. The minimum absolute atomic E-state index is 0.293. The summed E-state index contributed by atoms with van der Waals surface area (Å²) in [6.45, 7) is 6.15. The molecule has 0 aliphatic carbocycles. The second kappa shape index (κ2) is 9.00. The Kier molecular flexibility index (Phi) is 6.45. The molecule has 0 saturated carbocycles. The van der Waals surface area contributed by atoms with Gasteiger partial charge in [0.2, 0.25) is 10.3 Å². The highest BCUT2D eigenvalue weighted by molar-refractivity contribution is 7.12. The van der Waals surface area contributed by atoms with E-state index in [-0.39, 0.29) is 5.91 Å². The molecule has 28 heavy (non-hydrogen) atoms. The molecule has 3 aromatic rings. The molecule has 10 heteroatoms. The fourth-order valence-electron chi connectivity index (χ4n) is 2.57. The Morgan fingerprint density at radius 3 is 2.32 bits per heavy atom. The SMILES string of the molecule is C/C=C/c1cc(CN(c2nc(C)ns2)c2nc(C)ns2)ccc1C(=O)NOC. The van der Waals surface area contributed by atoms with E-state index in [1.54, 1.807) is 6.07 Å². The van der Waals surface area contributed by atoms with Crippen LogP contribution in [0.25, 0.3) is 6.08 Å². The molecule has 0 spiro atoms. The second-order valence-corrected chi connectivity index (χ2v) is 7.35. The van der Waals surface area contributed by atoms with Gasteiger partial charge in [0.05, 0.1) is 13.7 Å². The fraction of sp³-hybridized carbons (Fsp3) is 0.278. The molecule has 0 atom stereocenters. The van der Waals surface area contributed by atoms with Crippen LogP contribution in [-0.4, -0.2) is 31.7 Å². The molecule has 146 valence electrons. The number of benzene rings is 1. The van der Waals surface area contributed by atoms with Crippen molar-refractivity contribution in [3.05, 3.63) is 52.6 Å². The first-order valence-electron chi connectivity index (χ1n) is 8.49. The lowest BCUT2D eigenvalue weighted by Crippen LogP contribution is -2.23. The van der Waals surface area contributed by atoms with Gasteiger partial charge >= 0.3 is 0 Å². The maximum Gasteiger partial charge on any atom is 0.275 e. The quantitative estimate of drug-likeness (QED) is 0.587. The predicted molar refractivity (Wildman–Crippen MR) is 111 cm³/mol. The van der Waals surface area contributed by atoms with E-state index in [9.17, 15) is 4.79 Å². The Morgan fingerprint density at radius 2 is 1.82 bits per heavy atom. The van der Waals surface area contributed by atoms with Crippen LogP contribution in [-0.2, 0) is 11.4 Å². The van der Waals surface area contributed by atoms with Crippen molar-refractivity contribution in [2.45, 2.75) is 27.3 Å². The van der Waals surface area contributed by atoms with Crippen molar-refractivity contribution in [3.63, 3.8) is 0 Å². The highest BCUT2D eigenvalue weighted by atomic mass is 32.1. The van der Waals surface area contributed by atoms with Gasteiger partial charge in [-0.15, -0.1) is 0 Å². The number of hydroxylamine groups is 1. The molecule has 0 unspecified atom stereocenters. The van der Waals surface area contributed by atoms with E-state index in [1.165, 1.54) is 30.2 Å². The van der Waals surface area contributed by atoms with Crippen molar-refractivity contribution >= 4 is 45.3 Å². The third kappa shape index (κ3) is 4.58. The predicted octanol–water partition coefficient (Wildman–Crippen LogP) is 3.67. The summed E-state index contributed by atoms with van der Waals surface area (Å²) in [4.78, 5) is 27.9. The summed E-state index contributed by atoms with van der Waals surface area (Å²) in [5, 5.41) is 1.50. The molecule has 1 amide bonds. The van der Waals surface area contributed by atoms with Gasteiger partial charge in [-0.1, -0.05) is 18.2 Å². The molecule has 2 aromatic heterocycles. The van der Waals surface area contributed by atoms with Gasteiger partial charge in [-0.05, 0) is 44.0 Å². The lowest BCUT2D eigenvalue weighted by molar-refractivity contribution is 0.0537. The largest absolute Gasteiger partial charge is 0.287 e. The van der Waals surface area contributed by atoms with Gasteiger partial charge in [0.25, 0.3) is 5.91 Å². The number of carbonyl (C=O) groups is 1. The molecule has 0 fully saturated rings. The van der Waals surface area contributed by atoms with Crippen molar-refractivity contribution < 1.29 is 9.63 Å². The Balaban J connectivity index is 1.96. The van der Waals surface area contributed by atoms with Crippen LogP contribution in [0.4, 0.5) is 10.3 Å². The fourth-order valence-corrected chi connectivity index (χ4v) is 3.99. The maximum atomic E-state index is 12.2. The molecule has 0 aliphatic heterocycles. The van der Waals surface area contributed by atoms with E-state index in [1.807, 2.05) is 50.0 Å². The number of allylic oxidation sites excluding steroid dienone is 1. The zero-order valence-corrected chi connectivity index (χ0v) is 17.6. The van der Waals surface area contributed by atoms with E-state index in [0.717, 1.165) is 21.4 Å². The molecule has 0 aliphatic rings. The standard InChI is InChI=1S/C18H20N6O2S2/c1-5-6-14-9-13(7-8-15(14)16(25)21-26-4)10-24(17-19-11(2)22-27-17)18-20-12(3)23-28-18/h5-9H,10H2,1-4H3,(H,21,25)/b6-5+. The average molecular weight is 417 g/mol. The van der Waals surface area contributed by atoms with Crippen LogP contribution in [0.2, 0.25) is 0 Å². The van der Waals surface area contributed by atoms with Crippen LogP contribution in [0.5, 0.6) is 0 Å². The number of hydrogen-bond donors (Lipinski definition) is 1. The highest BCUT2D eigenvalue weighted by Crippen LogP contribution is 2.30. The number of anilines is 2. The molecule has 1 aromatic carbocycles. The van der Waals surface area contributed by atoms with Gasteiger partial charge in [-0.3, -0.25) is 14.5 Å². The smallest absolute Gasteiger partial charge is 0.275 e. The number of carbonyl (C=O) groups excluding carboxylic acids is 1. The molecule has 3 rings (SSSR count). The molecular formula is C18H20N6O2S2. The molecule has 0 saturated heterocycles. The zero-order valence-electron chi connectivity index (χ0n) is 16.0. The lowest BCUT2D eigenvalue weighted by Gasteiger charge is -2.18. The Hall–Kier alpha value is -2.69. The minimum Gasteiger partial charge on any atom is -0.287 e. The minimum atomic E-state index is -0.293. The first kappa shape index (κ1) is 20.1. The summed E-state index contributed by atoms with van der Waals surface area (Å²) in [5.41, 5.74) is 4.70. The van der Waals surface area contributed by atoms with Gasteiger partial charge in [-0.25, -0.2) is 15.4 Å². The van der Waals surface area contributed by atoms with Gasteiger partial charge < -0.3 is 0 Å². The number of amides is 1. The molecule has 0 bridgehead atoms. The summed E-state index contributed by atoms with van der Waals surface area (Å²) in [6, 6.07) is 5.67. The third-order valence-electron chi connectivity index (χ3n) is 3.74. The number of nitrogens with one attached hydrogen (secondary N) is 1. The van der Waals surface area contributed by atoms with Crippen LogP contribution < -0.4 is 10.4 Å². The molecular weight excluding hydrogens is 396 g/mol. The van der Waals surface area contributed by atoms with E-state index in [2.05, 4.69) is 24.2 Å². The number of hydrogen-bond acceptors (Lipinski definition) is 9. The van der Waals surface area contributed by atoms with Gasteiger partial charge in [-0.2, -0.15) is 8.75 Å². The van der Waals surface area contributed by atoms with E-state index >= 15 is 0 Å². The highest BCUT2D eigenvalue weighted by Gasteiger charge is 2.19. The number of aryl methyl sites for hydroxylation is 2. The number of nitrogens with zero attached hydrogens (tertiary/aromatic N) is 5. The van der Waals surface area contributed by atoms with E-state index < -0.39 is 0 Å². The van der Waals surface area contributed by atoms with Crippen molar-refractivity contribution in [2.24, 2.45) is 0 Å². The van der Waals surface area contributed by atoms with Crippen LogP contribution in [0.15, 0.2) is 24.3 Å². The van der Waals surface area contributed by atoms with Crippen LogP contribution in [0.3, 0.4) is 0 Å². The maximum absolute atomic E-state index is 12.2. The van der Waals surface area contributed by atoms with Gasteiger partial charge in [0, 0.05) is 28.6 Å². The monoisotopic (exact) mass is 416 g/mol. The van der Waals surface area contributed by atoms with Crippen molar-refractivity contribution in [3.8, 4) is 0 Å². The van der Waals surface area contributed by atoms with Crippen LogP contribution >= 0.6 is 23.1 Å². The van der Waals surface area contributed by atoms with E-state index in [4.69, 9.17) is 4.84 Å².